The number of nitrogens with one attached hydrogen (secondary N) is 1. The Bertz CT molecular complexity index is 350. The van der Waals surface area contributed by atoms with Crippen LogP contribution in [-0.2, 0) is 14.8 Å². The van der Waals surface area contributed by atoms with Gasteiger partial charge in [-0.1, -0.05) is 0 Å². The maximum atomic E-state index is 11.8. The molecule has 0 aromatic rings. The van der Waals surface area contributed by atoms with E-state index in [1.54, 1.807) is 13.8 Å². The number of nitriles is 1. The van der Waals surface area contributed by atoms with E-state index in [-0.39, 0.29) is 0 Å². The molecule has 0 amide bonds. The van der Waals surface area contributed by atoms with Gasteiger partial charge in [0, 0.05) is 13.2 Å². The Morgan fingerprint density at radius 1 is 1.40 bits per heavy atom. The highest BCUT2D eigenvalue weighted by Gasteiger charge is 2.32. The van der Waals surface area contributed by atoms with E-state index in [9.17, 15) is 8.42 Å². The maximum absolute atomic E-state index is 11.8. The minimum Gasteiger partial charge on any atom is -0.381 e. The van der Waals surface area contributed by atoms with Crippen LogP contribution in [0.15, 0.2) is 0 Å². The average Bonchev–Trinajstić information content (AvgIpc) is 2.18. The van der Waals surface area contributed by atoms with Crippen molar-refractivity contribution in [2.45, 2.75) is 37.5 Å². The molecule has 1 rings (SSSR count). The Kier molecular flexibility index (Phi) is 3.71. The summed E-state index contributed by atoms with van der Waals surface area (Å²) in [5.41, 5.74) is -1.04. The van der Waals surface area contributed by atoms with Gasteiger partial charge in [0.1, 0.15) is 5.54 Å². The molecule has 0 aliphatic carbocycles. The van der Waals surface area contributed by atoms with Crippen molar-refractivity contribution in [2.75, 3.05) is 13.2 Å². The number of nitrogens with zero attached hydrogens (tertiary/aromatic N) is 1. The second kappa shape index (κ2) is 4.47. The molecule has 0 bridgehead atoms. The summed E-state index contributed by atoms with van der Waals surface area (Å²) < 4.78 is 31.2. The van der Waals surface area contributed by atoms with Crippen molar-refractivity contribution in [3.63, 3.8) is 0 Å². The Morgan fingerprint density at radius 2 is 1.93 bits per heavy atom. The first kappa shape index (κ1) is 12.4. The molecule has 0 unspecified atom stereocenters. The van der Waals surface area contributed by atoms with Gasteiger partial charge >= 0.3 is 0 Å². The van der Waals surface area contributed by atoms with Gasteiger partial charge in [-0.2, -0.15) is 9.98 Å². The van der Waals surface area contributed by atoms with Crippen LogP contribution in [0.25, 0.3) is 0 Å². The zero-order valence-corrected chi connectivity index (χ0v) is 9.80. The van der Waals surface area contributed by atoms with Gasteiger partial charge in [0.15, 0.2) is 0 Å². The van der Waals surface area contributed by atoms with Crippen molar-refractivity contribution >= 4 is 10.0 Å². The van der Waals surface area contributed by atoms with Crippen LogP contribution in [0.5, 0.6) is 0 Å². The van der Waals surface area contributed by atoms with Gasteiger partial charge in [0.05, 0.1) is 11.3 Å². The number of hydrogen-bond donors (Lipinski definition) is 1. The van der Waals surface area contributed by atoms with Crippen LogP contribution in [0.2, 0.25) is 0 Å². The van der Waals surface area contributed by atoms with Crippen molar-refractivity contribution in [2.24, 2.45) is 0 Å². The van der Waals surface area contributed by atoms with E-state index < -0.39 is 20.8 Å². The molecule has 0 atom stereocenters. The Balaban J connectivity index is 2.71. The molecule has 1 N–H and O–H groups in total. The Labute approximate surface area is 90.5 Å². The minimum atomic E-state index is -3.41. The number of sulfonamides is 1. The zero-order valence-electron chi connectivity index (χ0n) is 8.99. The van der Waals surface area contributed by atoms with E-state index >= 15 is 0 Å². The fourth-order valence-corrected chi connectivity index (χ4v) is 3.18. The first-order chi connectivity index (χ1) is 6.87. The standard InChI is InChI=1S/C9H16N2O3S/c1-9(2,7-10)11-15(12,13)8-3-5-14-6-4-8/h8,11H,3-6H2,1-2H3. The van der Waals surface area contributed by atoms with Gasteiger partial charge in [-0.05, 0) is 26.7 Å². The molecule has 1 aliphatic rings. The van der Waals surface area contributed by atoms with Crippen molar-refractivity contribution in [3.8, 4) is 6.07 Å². The van der Waals surface area contributed by atoms with Gasteiger partial charge in [0.2, 0.25) is 10.0 Å². The van der Waals surface area contributed by atoms with E-state index in [2.05, 4.69) is 4.72 Å². The molecular weight excluding hydrogens is 216 g/mol. The first-order valence-electron chi connectivity index (χ1n) is 4.89. The molecular formula is C9H16N2O3S. The molecule has 0 aromatic carbocycles. The normalized spacial score (nSPS) is 19.8. The first-order valence-corrected chi connectivity index (χ1v) is 6.44. The number of hydrogen-bond acceptors (Lipinski definition) is 4. The van der Waals surface area contributed by atoms with Crippen LogP contribution in [0.1, 0.15) is 26.7 Å². The van der Waals surface area contributed by atoms with E-state index in [0.29, 0.717) is 26.1 Å². The van der Waals surface area contributed by atoms with Gasteiger partial charge in [0.25, 0.3) is 0 Å². The summed E-state index contributed by atoms with van der Waals surface area (Å²) in [7, 11) is -3.41. The van der Waals surface area contributed by atoms with Gasteiger partial charge in [-0.25, -0.2) is 8.42 Å². The largest absolute Gasteiger partial charge is 0.381 e. The molecule has 0 spiro atoms. The monoisotopic (exact) mass is 232 g/mol. The van der Waals surface area contributed by atoms with Crippen LogP contribution in [0, 0.1) is 11.3 Å². The van der Waals surface area contributed by atoms with E-state index in [4.69, 9.17) is 10.00 Å². The molecule has 0 saturated carbocycles. The molecule has 1 saturated heterocycles. The highest BCUT2D eigenvalue weighted by molar-refractivity contribution is 7.90. The van der Waals surface area contributed by atoms with E-state index in [1.807, 2.05) is 6.07 Å². The highest BCUT2D eigenvalue weighted by Crippen LogP contribution is 2.16. The Hall–Kier alpha value is -0.640. The van der Waals surface area contributed by atoms with Crippen molar-refractivity contribution in [1.82, 2.24) is 4.72 Å². The summed E-state index contributed by atoms with van der Waals surface area (Å²) in [6.45, 7) is 4.03. The molecule has 1 aliphatic heterocycles. The second-order valence-electron chi connectivity index (χ2n) is 4.20. The van der Waals surface area contributed by atoms with Gasteiger partial charge in [-0.3, -0.25) is 0 Å². The average molecular weight is 232 g/mol. The lowest BCUT2D eigenvalue weighted by molar-refractivity contribution is 0.0980. The molecule has 15 heavy (non-hydrogen) atoms. The summed E-state index contributed by atoms with van der Waals surface area (Å²) >= 11 is 0. The fourth-order valence-electron chi connectivity index (χ4n) is 1.45. The van der Waals surface area contributed by atoms with E-state index in [1.165, 1.54) is 0 Å². The summed E-state index contributed by atoms with van der Waals surface area (Å²) in [6.07, 6.45) is 0.994. The van der Waals surface area contributed by atoms with Crippen molar-refractivity contribution in [1.29, 1.82) is 5.26 Å². The third-order valence-electron chi connectivity index (χ3n) is 2.28. The lowest BCUT2D eigenvalue weighted by Crippen LogP contribution is -2.47. The lowest BCUT2D eigenvalue weighted by atomic mass is 10.1. The minimum absolute atomic E-state index is 0.432. The smallest absolute Gasteiger partial charge is 0.216 e. The second-order valence-corrected chi connectivity index (χ2v) is 6.16. The lowest BCUT2D eigenvalue weighted by Gasteiger charge is -2.26. The third-order valence-corrected chi connectivity index (χ3v) is 4.43. The number of ether oxygens (including phenoxy) is 1. The summed E-state index contributed by atoms with van der Waals surface area (Å²) in [5.74, 6) is 0. The summed E-state index contributed by atoms with van der Waals surface area (Å²) in [6, 6.07) is 1.91. The molecule has 0 aromatic heterocycles. The third kappa shape index (κ3) is 3.45. The number of rotatable bonds is 3. The molecule has 1 heterocycles. The van der Waals surface area contributed by atoms with Crippen LogP contribution in [0.4, 0.5) is 0 Å². The van der Waals surface area contributed by atoms with Crippen LogP contribution in [-0.4, -0.2) is 32.4 Å². The molecule has 1 fully saturated rings. The molecule has 5 nitrogen and oxygen atoms in total. The zero-order chi connectivity index (χ0) is 11.5. The van der Waals surface area contributed by atoms with E-state index in [0.717, 1.165) is 0 Å². The van der Waals surface area contributed by atoms with Crippen LogP contribution >= 0.6 is 0 Å². The SMILES string of the molecule is CC(C)(C#N)NS(=O)(=O)C1CCOCC1. The quantitative estimate of drug-likeness (QED) is 0.763. The van der Waals surface area contributed by atoms with Crippen molar-refractivity contribution in [3.05, 3.63) is 0 Å². The summed E-state index contributed by atoms with van der Waals surface area (Å²) in [5, 5.41) is 8.32. The van der Waals surface area contributed by atoms with Crippen LogP contribution in [0.3, 0.4) is 0 Å². The molecule has 0 radical (unpaired) electrons. The van der Waals surface area contributed by atoms with Crippen LogP contribution < -0.4 is 4.72 Å². The highest BCUT2D eigenvalue weighted by atomic mass is 32.2. The predicted octanol–water partition coefficient (Wildman–Crippen LogP) is 0.387. The van der Waals surface area contributed by atoms with Gasteiger partial charge < -0.3 is 4.74 Å². The predicted molar refractivity (Wildman–Crippen MR) is 55.6 cm³/mol. The van der Waals surface area contributed by atoms with Crippen molar-refractivity contribution < 1.29 is 13.2 Å². The Morgan fingerprint density at radius 3 is 2.40 bits per heavy atom. The molecule has 86 valence electrons. The molecule has 6 heteroatoms. The summed E-state index contributed by atoms with van der Waals surface area (Å²) in [4.78, 5) is 0. The van der Waals surface area contributed by atoms with Gasteiger partial charge in [-0.15, -0.1) is 0 Å². The fraction of sp³-hybridized carbons (Fsp3) is 0.889. The maximum Gasteiger partial charge on any atom is 0.216 e. The topological polar surface area (TPSA) is 79.2 Å².